The normalized spacial score (nSPS) is 17.6. The van der Waals surface area contributed by atoms with Crippen molar-refractivity contribution in [3.05, 3.63) is 126 Å². The minimum absolute atomic E-state index is 0.0460. The van der Waals surface area contributed by atoms with Gasteiger partial charge in [-0.05, 0) is 0 Å². The van der Waals surface area contributed by atoms with E-state index in [0.29, 0.717) is 0 Å². The Bertz CT molecular complexity index is 2090. The second-order valence-corrected chi connectivity index (χ2v) is 42.9. The summed E-state index contributed by atoms with van der Waals surface area (Å²) in [6.07, 6.45) is 11.8. The van der Waals surface area contributed by atoms with Crippen LogP contribution in [0.3, 0.4) is 0 Å². The van der Waals surface area contributed by atoms with Gasteiger partial charge in [-0.1, -0.05) is 0 Å². The molecule has 57 heavy (non-hydrogen) atoms. The molecule has 0 nitrogen and oxygen atoms in total. The first-order valence-corrected chi connectivity index (χ1v) is 33.0. The molecule has 2 aliphatic rings. The summed E-state index contributed by atoms with van der Waals surface area (Å²) in [5.41, 5.74) is 25.1. The summed E-state index contributed by atoms with van der Waals surface area (Å²) in [6, 6.07) is 18.8. The maximum atomic E-state index is 8.95. The molecule has 0 amide bonds. The van der Waals surface area contributed by atoms with Crippen LogP contribution in [0.15, 0.2) is 59.7 Å². The van der Waals surface area contributed by atoms with Gasteiger partial charge in [0.25, 0.3) is 0 Å². The minimum atomic E-state index is -5.09. The topological polar surface area (TPSA) is 0 Å². The average Bonchev–Trinajstić information content (AvgIpc) is 3.75. The summed E-state index contributed by atoms with van der Waals surface area (Å²) < 4.78 is 0.921. The van der Waals surface area contributed by atoms with Crippen molar-refractivity contribution in [2.24, 2.45) is 0 Å². The Hall–Kier alpha value is -2.18. The summed E-state index contributed by atoms with van der Waals surface area (Å²) in [5.74, 6) is 0. The van der Waals surface area contributed by atoms with Crippen LogP contribution in [0.25, 0.3) is 34.4 Å². The number of unbranched alkanes of at least 4 members (excludes halogenated alkanes) is 2. The quantitative estimate of drug-likeness (QED) is 0.141. The molecule has 2 atom stereocenters. The molecule has 6 rings (SSSR count). The monoisotopic (exact) mass is 879 g/mol. The van der Waals surface area contributed by atoms with Gasteiger partial charge in [-0.3, -0.25) is 0 Å². The fraction of sp³-hybridized carbons (Fsp3) is 0.481. The van der Waals surface area contributed by atoms with E-state index in [1.165, 1.54) is 100 Å². The molecular weight excluding hydrogens is 811 g/mol. The standard InChI is InChI=1S/2C26H33.C2H5.2ClH.Zr/c2*1-8-9-10-20-15-23-18(3)17(2)19(4)25(24(23)16-20)21-11-13-22(14-12-21)26(5,6)7;1-2;;;/h2*11-16H,8-10H2,1-7H3;1H2,2H3;2*1H;/q;;;;;+2/p-2. The molecule has 305 valence electrons. The molecule has 2 aliphatic carbocycles. The average molecular weight is 882 g/mol. The van der Waals surface area contributed by atoms with E-state index in [1.807, 2.05) is 0 Å². The molecule has 0 radical (unpaired) electrons. The molecule has 0 spiro atoms. The van der Waals surface area contributed by atoms with E-state index < -0.39 is 16.4 Å². The Balaban J connectivity index is 1.66. The Morgan fingerprint density at radius 1 is 0.491 bits per heavy atom. The van der Waals surface area contributed by atoms with Crippen molar-refractivity contribution in [3.63, 3.8) is 0 Å². The number of benzene rings is 4. The molecular formula is C54H71Cl2Zr. The predicted molar refractivity (Wildman–Crippen MR) is 252 cm³/mol. The van der Waals surface area contributed by atoms with Gasteiger partial charge in [0.05, 0.1) is 0 Å². The maximum absolute atomic E-state index is 8.95. The van der Waals surface area contributed by atoms with Gasteiger partial charge in [0.1, 0.15) is 0 Å². The van der Waals surface area contributed by atoms with E-state index in [4.69, 9.17) is 17.0 Å². The van der Waals surface area contributed by atoms with Gasteiger partial charge in [-0.25, -0.2) is 0 Å². The van der Waals surface area contributed by atoms with Crippen LogP contribution in [0.4, 0.5) is 0 Å². The molecule has 0 aromatic heterocycles. The summed E-state index contributed by atoms with van der Waals surface area (Å²) >= 11 is -5.09. The van der Waals surface area contributed by atoms with Gasteiger partial charge in [0, 0.05) is 0 Å². The van der Waals surface area contributed by atoms with Crippen LogP contribution < -0.4 is 0 Å². The van der Waals surface area contributed by atoms with Crippen LogP contribution in [0.1, 0.15) is 175 Å². The third-order valence-electron chi connectivity index (χ3n) is 14.5. The molecule has 0 fully saturated rings. The van der Waals surface area contributed by atoms with E-state index in [-0.39, 0.29) is 18.1 Å². The van der Waals surface area contributed by atoms with Crippen LogP contribution in [-0.4, -0.2) is 0 Å². The number of hydrogen-bond acceptors (Lipinski definition) is 0. The van der Waals surface area contributed by atoms with Gasteiger partial charge >= 0.3 is 359 Å². The van der Waals surface area contributed by atoms with Gasteiger partial charge in [0.15, 0.2) is 0 Å². The van der Waals surface area contributed by atoms with E-state index in [0.717, 1.165) is 42.7 Å². The first kappa shape index (κ1) is 44.4. The van der Waals surface area contributed by atoms with E-state index >= 15 is 0 Å². The Kier molecular flexibility index (Phi) is 12.5. The van der Waals surface area contributed by atoms with E-state index in [2.05, 4.69) is 165 Å². The Morgan fingerprint density at radius 3 is 1.11 bits per heavy atom. The predicted octanol–water partition coefficient (Wildman–Crippen LogP) is 17.9. The van der Waals surface area contributed by atoms with Crippen LogP contribution in [0, 0.1) is 41.5 Å². The fourth-order valence-electron chi connectivity index (χ4n) is 10.5. The first-order valence-electron chi connectivity index (χ1n) is 22.1. The molecule has 3 heteroatoms. The molecule has 0 bridgehead atoms. The van der Waals surface area contributed by atoms with E-state index in [9.17, 15) is 0 Å². The SMILES string of the molecule is CCCCC1=Cc2c(-c3ccc(C(C)(C)C)cc3)c(C)c(C)c(C)c2[CH]1[Zr]([Cl])([Cl])([CH2]C)[CH]1C(CCCC)=Cc2c(-c3ccc(C(C)(C)C)cc3)c(C)c(C)c(C)c21. The molecule has 2 unspecified atom stereocenters. The number of fused-ring (bicyclic) bond motifs is 2. The van der Waals surface area contributed by atoms with Crippen molar-refractivity contribution in [1.82, 2.24) is 0 Å². The molecule has 0 N–H and O–H groups in total. The number of rotatable bonds is 11. The summed E-state index contributed by atoms with van der Waals surface area (Å²) in [6.45, 7) is 34.8. The zero-order chi connectivity index (χ0) is 42.0. The summed E-state index contributed by atoms with van der Waals surface area (Å²) in [5, 5.41) is 0. The number of hydrogen-bond donors (Lipinski definition) is 0. The van der Waals surface area contributed by atoms with Crippen LogP contribution in [-0.2, 0) is 27.2 Å². The van der Waals surface area contributed by atoms with Crippen molar-refractivity contribution >= 4 is 29.2 Å². The van der Waals surface area contributed by atoms with E-state index in [1.54, 1.807) is 0 Å². The third kappa shape index (κ3) is 7.61. The second kappa shape index (κ2) is 16.0. The zero-order valence-corrected chi connectivity index (χ0v) is 42.1. The summed E-state index contributed by atoms with van der Waals surface area (Å²) in [4.78, 5) is 0. The number of halogens is 2. The van der Waals surface area contributed by atoms with Crippen molar-refractivity contribution < 1.29 is 16.4 Å². The van der Waals surface area contributed by atoms with Gasteiger partial charge in [-0.2, -0.15) is 0 Å². The van der Waals surface area contributed by atoms with Crippen molar-refractivity contribution in [2.45, 2.75) is 165 Å². The van der Waals surface area contributed by atoms with Crippen molar-refractivity contribution in [2.75, 3.05) is 0 Å². The molecule has 0 saturated carbocycles. The fourth-order valence-corrected chi connectivity index (χ4v) is 28.8. The third-order valence-corrected chi connectivity index (χ3v) is 35.2. The van der Waals surface area contributed by atoms with Crippen molar-refractivity contribution in [3.8, 4) is 22.3 Å². The van der Waals surface area contributed by atoms with Crippen LogP contribution >= 0.6 is 17.0 Å². The van der Waals surface area contributed by atoms with Gasteiger partial charge in [0.2, 0.25) is 0 Å². The molecule has 0 heterocycles. The zero-order valence-electron chi connectivity index (χ0n) is 38.1. The first-order chi connectivity index (χ1) is 26.6. The molecule has 4 aromatic carbocycles. The molecule has 0 saturated heterocycles. The second-order valence-electron chi connectivity index (χ2n) is 20.0. The van der Waals surface area contributed by atoms with Crippen molar-refractivity contribution in [1.29, 1.82) is 0 Å². The van der Waals surface area contributed by atoms with Gasteiger partial charge in [-0.15, -0.1) is 0 Å². The molecule has 0 aliphatic heterocycles. The molecule has 4 aromatic rings. The van der Waals surface area contributed by atoms with Crippen LogP contribution in [0.5, 0.6) is 0 Å². The Labute approximate surface area is 356 Å². The Morgan fingerprint density at radius 2 is 0.825 bits per heavy atom. The summed E-state index contributed by atoms with van der Waals surface area (Å²) in [7, 11) is 17.9. The number of allylic oxidation sites excluding steroid dienone is 2. The van der Waals surface area contributed by atoms with Crippen LogP contribution in [0.2, 0.25) is 4.13 Å². The van der Waals surface area contributed by atoms with Gasteiger partial charge < -0.3 is 0 Å².